The van der Waals surface area contributed by atoms with Crippen LogP contribution in [0.15, 0.2) is 54.7 Å². The number of hydrogen-bond donors (Lipinski definition) is 5. The Morgan fingerprint density at radius 1 is 1.03 bits per heavy atom. The summed E-state index contributed by atoms with van der Waals surface area (Å²) in [7, 11) is 0. The topological polar surface area (TPSA) is 149 Å². The molecule has 152 valence electrons. The van der Waals surface area contributed by atoms with Gasteiger partial charge in [-0.05, 0) is 30.2 Å². The lowest BCUT2D eigenvalue weighted by Gasteiger charge is -2.11. The third-order valence-electron chi connectivity index (χ3n) is 4.64. The minimum Gasteiger partial charge on any atom is -0.505 e. The van der Waals surface area contributed by atoms with Gasteiger partial charge >= 0.3 is 5.97 Å². The first-order valence-electron chi connectivity index (χ1n) is 9.01. The van der Waals surface area contributed by atoms with E-state index in [1.54, 1.807) is 36.4 Å². The number of pyridine rings is 1. The molecule has 0 aliphatic rings. The lowest BCUT2D eigenvalue weighted by Crippen LogP contribution is -2.24. The van der Waals surface area contributed by atoms with E-state index in [-0.39, 0.29) is 35.1 Å². The van der Waals surface area contributed by atoms with Gasteiger partial charge in [0.05, 0.1) is 5.69 Å². The van der Waals surface area contributed by atoms with Crippen molar-refractivity contribution >= 4 is 17.7 Å². The fraction of sp³-hybridized carbons (Fsp3) is 0.0909. The van der Waals surface area contributed by atoms with E-state index in [4.69, 9.17) is 11.1 Å². The number of carboxylic acids is 1. The van der Waals surface area contributed by atoms with E-state index in [2.05, 4.69) is 10.3 Å². The van der Waals surface area contributed by atoms with Crippen LogP contribution in [0.25, 0.3) is 11.1 Å². The molecule has 0 aliphatic heterocycles. The Labute approximate surface area is 172 Å². The number of hydrogen-bond acceptors (Lipinski definition) is 5. The molecule has 0 radical (unpaired) electrons. The standard InChI is InChI=1S/C22H20N4O4/c1-12-19(27)18(22(29)30)17(10-25-12)11-26-21(28)16-8-4-14(5-9-16)13-2-6-15(7-3-13)20(23)24/h2-10,27H,11H2,1H3,(H3,23,24)(H,26,28)(H,29,30). The molecule has 0 aliphatic carbocycles. The largest absolute Gasteiger partial charge is 0.505 e. The van der Waals surface area contributed by atoms with Crippen molar-refractivity contribution < 1.29 is 19.8 Å². The van der Waals surface area contributed by atoms with Crippen molar-refractivity contribution in [3.05, 3.63) is 82.7 Å². The molecule has 3 aromatic rings. The van der Waals surface area contributed by atoms with E-state index < -0.39 is 11.7 Å². The van der Waals surface area contributed by atoms with Crippen LogP contribution in [0.4, 0.5) is 0 Å². The summed E-state index contributed by atoms with van der Waals surface area (Å²) in [6, 6.07) is 14.1. The van der Waals surface area contributed by atoms with E-state index in [1.807, 2.05) is 12.1 Å². The monoisotopic (exact) mass is 404 g/mol. The maximum atomic E-state index is 12.4. The number of amides is 1. The zero-order chi connectivity index (χ0) is 21.8. The molecule has 6 N–H and O–H groups in total. The molecule has 8 heteroatoms. The minimum absolute atomic E-state index is 0.00304. The van der Waals surface area contributed by atoms with Crippen molar-refractivity contribution in [3.8, 4) is 16.9 Å². The number of nitrogens with one attached hydrogen (secondary N) is 2. The summed E-state index contributed by atoms with van der Waals surface area (Å²) in [4.78, 5) is 27.8. The van der Waals surface area contributed by atoms with Crippen molar-refractivity contribution in [2.75, 3.05) is 0 Å². The average molecular weight is 404 g/mol. The Hall–Kier alpha value is -4.20. The summed E-state index contributed by atoms with van der Waals surface area (Å²) >= 11 is 0. The number of nitrogen functional groups attached to an aromatic ring is 1. The van der Waals surface area contributed by atoms with Crippen LogP contribution in [-0.4, -0.2) is 32.9 Å². The van der Waals surface area contributed by atoms with Gasteiger partial charge in [0.25, 0.3) is 5.91 Å². The number of aromatic carboxylic acids is 1. The number of aromatic nitrogens is 1. The Balaban J connectivity index is 1.72. The Bertz CT molecular complexity index is 1120. The number of nitrogens with two attached hydrogens (primary N) is 1. The molecule has 0 fully saturated rings. The molecule has 1 aromatic heterocycles. The van der Waals surface area contributed by atoms with Gasteiger partial charge < -0.3 is 21.3 Å². The van der Waals surface area contributed by atoms with Gasteiger partial charge in [0, 0.05) is 29.4 Å². The van der Waals surface area contributed by atoms with Crippen LogP contribution in [0.3, 0.4) is 0 Å². The molecule has 0 saturated heterocycles. The first-order valence-corrected chi connectivity index (χ1v) is 9.01. The molecular formula is C22H20N4O4. The first kappa shape index (κ1) is 20.5. The molecule has 2 aromatic carbocycles. The summed E-state index contributed by atoms with van der Waals surface area (Å²) < 4.78 is 0. The van der Waals surface area contributed by atoms with Gasteiger partial charge in [0.15, 0.2) is 5.75 Å². The number of aromatic hydroxyl groups is 1. The number of carbonyl (C=O) groups excluding carboxylic acids is 1. The summed E-state index contributed by atoms with van der Waals surface area (Å²) in [5.41, 5.74) is 8.44. The highest BCUT2D eigenvalue weighted by atomic mass is 16.4. The summed E-state index contributed by atoms with van der Waals surface area (Å²) in [6.45, 7) is 1.41. The SMILES string of the molecule is Cc1ncc(CNC(=O)c2ccc(-c3ccc(C(=N)N)cc3)cc2)c(C(=O)O)c1O. The predicted molar refractivity (Wildman–Crippen MR) is 112 cm³/mol. The van der Waals surface area contributed by atoms with E-state index in [1.165, 1.54) is 13.1 Å². The Kier molecular flexibility index (Phi) is 5.78. The van der Waals surface area contributed by atoms with Crippen molar-refractivity contribution in [3.63, 3.8) is 0 Å². The van der Waals surface area contributed by atoms with E-state index in [0.29, 0.717) is 11.1 Å². The Morgan fingerprint density at radius 3 is 2.07 bits per heavy atom. The smallest absolute Gasteiger partial charge is 0.339 e. The second-order valence-corrected chi connectivity index (χ2v) is 6.65. The number of aryl methyl sites for hydroxylation is 1. The van der Waals surface area contributed by atoms with Crippen molar-refractivity contribution in [1.82, 2.24) is 10.3 Å². The highest BCUT2D eigenvalue weighted by Gasteiger charge is 2.19. The fourth-order valence-corrected chi connectivity index (χ4v) is 2.94. The minimum atomic E-state index is -1.29. The van der Waals surface area contributed by atoms with Crippen LogP contribution < -0.4 is 11.1 Å². The third-order valence-corrected chi connectivity index (χ3v) is 4.64. The van der Waals surface area contributed by atoms with Crippen LogP contribution in [0.1, 0.15) is 37.5 Å². The predicted octanol–water partition coefficient (Wildman–Crippen LogP) is 2.67. The molecule has 1 heterocycles. The highest BCUT2D eigenvalue weighted by molar-refractivity contribution is 5.96. The van der Waals surface area contributed by atoms with E-state index in [9.17, 15) is 19.8 Å². The van der Waals surface area contributed by atoms with E-state index >= 15 is 0 Å². The maximum Gasteiger partial charge on any atom is 0.339 e. The van der Waals surface area contributed by atoms with Gasteiger partial charge in [-0.2, -0.15) is 0 Å². The van der Waals surface area contributed by atoms with Gasteiger partial charge in [0.2, 0.25) is 0 Å². The van der Waals surface area contributed by atoms with Gasteiger partial charge in [0.1, 0.15) is 11.4 Å². The van der Waals surface area contributed by atoms with E-state index in [0.717, 1.165) is 11.1 Å². The van der Waals surface area contributed by atoms with Crippen molar-refractivity contribution in [1.29, 1.82) is 5.41 Å². The van der Waals surface area contributed by atoms with Gasteiger partial charge in [-0.3, -0.25) is 15.2 Å². The van der Waals surface area contributed by atoms with Crippen LogP contribution in [-0.2, 0) is 6.54 Å². The van der Waals surface area contributed by atoms with Crippen LogP contribution in [0, 0.1) is 12.3 Å². The maximum absolute atomic E-state index is 12.4. The van der Waals surface area contributed by atoms with Crippen LogP contribution in [0.5, 0.6) is 5.75 Å². The molecule has 0 unspecified atom stereocenters. The van der Waals surface area contributed by atoms with Crippen molar-refractivity contribution in [2.24, 2.45) is 5.73 Å². The highest BCUT2D eigenvalue weighted by Crippen LogP contribution is 2.24. The number of rotatable bonds is 6. The second-order valence-electron chi connectivity index (χ2n) is 6.65. The quantitative estimate of drug-likeness (QED) is 0.315. The zero-order valence-corrected chi connectivity index (χ0v) is 16.1. The fourth-order valence-electron chi connectivity index (χ4n) is 2.94. The molecule has 0 spiro atoms. The first-order chi connectivity index (χ1) is 14.3. The molecule has 30 heavy (non-hydrogen) atoms. The summed E-state index contributed by atoms with van der Waals surface area (Å²) in [5, 5.41) is 29.3. The second kappa shape index (κ2) is 8.44. The molecule has 0 atom stereocenters. The number of carboxylic acid groups (broad SMARTS) is 1. The van der Waals surface area contributed by atoms with Crippen molar-refractivity contribution in [2.45, 2.75) is 13.5 Å². The molecule has 0 bridgehead atoms. The zero-order valence-electron chi connectivity index (χ0n) is 16.1. The molecular weight excluding hydrogens is 384 g/mol. The van der Waals surface area contributed by atoms with Gasteiger partial charge in [-0.15, -0.1) is 0 Å². The normalized spacial score (nSPS) is 10.4. The third kappa shape index (κ3) is 4.27. The lowest BCUT2D eigenvalue weighted by molar-refractivity contribution is 0.0690. The number of benzene rings is 2. The summed E-state index contributed by atoms with van der Waals surface area (Å²) in [5.74, 6) is -2.08. The van der Waals surface area contributed by atoms with Gasteiger partial charge in [-0.1, -0.05) is 36.4 Å². The molecule has 8 nitrogen and oxygen atoms in total. The molecule has 0 saturated carbocycles. The average Bonchev–Trinajstić information content (AvgIpc) is 2.74. The lowest BCUT2D eigenvalue weighted by atomic mass is 10.0. The van der Waals surface area contributed by atoms with Crippen LogP contribution >= 0.6 is 0 Å². The molecule has 3 rings (SSSR count). The Morgan fingerprint density at radius 2 is 1.57 bits per heavy atom. The summed E-state index contributed by atoms with van der Waals surface area (Å²) in [6.07, 6.45) is 1.33. The number of amidine groups is 1. The number of nitrogens with zero attached hydrogens (tertiary/aromatic N) is 1. The molecule has 1 amide bonds. The number of carbonyl (C=O) groups is 2. The van der Waals surface area contributed by atoms with Gasteiger partial charge in [-0.25, -0.2) is 4.79 Å². The van der Waals surface area contributed by atoms with Crippen LogP contribution in [0.2, 0.25) is 0 Å².